The molecule has 7 heteroatoms. The molecule has 1 amide bonds. The van der Waals surface area contributed by atoms with Crippen molar-refractivity contribution >= 4 is 29.3 Å². The minimum absolute atomic E-state index is 0.0430. The van der Waals surface area contributed by atoms with Crippen molar-refractivity contribution in [2.75, 3.05) is 18.1 Å². The van der Waals surface area contributed by atoms with Gasteiger partial charge in [-0.2, -0.15) is 0 Å². The number of esters is 2. The topological polar surface area (TPSA) is 90.0 Å². The molecule has 0 aromatic heterocycles. The number of benzene rings is 3. The molecule has 0 bridgehead atoms. The number of ketones is 1. The highest BCUT2D eigenvalue weighted by Crippen LogP contribution is 2.29. The lowest BCUT2D eigenvalue weighted by Crippen LogP contribution is -2.27. The van der Waals surface area contributed by atoms with E-state index in [2.05, 4.69) is 0 Å². The van der Waals surface area contributed by atoms with Gasteiger partial charge in [0.1, 0.15) is 5.75 Å². The minimum Gasteiger partial charge on any atom is -0.457 e. The maximum absolute atomic E-state index is 12.6. The molecule has 0 saturated carbocycles. The van der Waals surface area contributed by atoms with Crippen LogP contribution in [-0.2, 0) is 14.3 Å². The van der Waals surface area contributed by atoms with E-state index in [-0.39, 0.29) is 18.9 Å². The fourth-order valence-electron chi connectivity index (χ4n) is 4.11. The van der Waals surface area contributed by atoms with Crippen LogP contribution in [0.5, 0.6) is 5.75 Å². The average Bonchev–Trinajstić information content (AvgIpc) is 3.24. The van der Waals surface area contributed by atoms with Crippen LogP contribution in [0.2, 0.25) is 0 Å². The molecule has 1 heterocycles. The molecule has 0 spiro atoms. The molecule has 1 saturated heterocycles. The van der Waals surface area contributed by atoms with Crippen molar-refractivity contribution in [3.8, 4) is 5.75 Å². The van der Waals surface area contributed by atoms with Crippen molar-refractivity contribution in [3.63, 3.8) is 0 Å². The third-order valence-corrected chi connectivity index (χ3v) is 6.12. The molecule has 0 N–H and O–H groups in total. The molecule has 0 radical (unpaired) electrons. The van der Waals surface area contributed by atoms with Crippen molar-refractivity contribution in [1.82, 2.24) is 0 Å². The highest BCUT2D eigenvalue weighted by atomic mass is 16.5. The quantitative estimate of drug-likeness (QED) is 0.276. The number of carbonyl (C=O) groups is 4. The Hall–Kier alpha value is -4.26. The molecule has 1 atom stereocenters. The van der Waals surface area contributed by atoms with Crippen molar-refractivity contribution in [2.45, 2.75) is 27.2 Å². The molecule has 1 aliphatic rings. The standard InChI is InChI=1S/C29H27NO6/c1-18-4-7-22(8-5-18)29(34)36-24-11-9-21(10-12-24)26(31)17-35-28(33)23-15-27(32)30(16-23)25-13-6-19(2)14-20(25)3/h4-14,23H,15-17H2,1-3H3/t23-/m1/s1. The molecule has 4 rings (SSSR count). The highest BCUT2D eigenvalue weighted by Gasteiger charge is 2.36. The lowest BCUT2D eigenvalue weighted by molar-refractivity contribution is -0.147. The third kappa shape index (κ3) is 5.68. The Bertz CT molecular complexity index is 1310. The van der Waals surface area contributed by atoms with Gasteiger partial charge in [-0.25, -0.2) is 4.79 Å². The summed E-state index contributed by atoms with van der Waals surface area (Å²) in [5, 5.41) is 0. The first-order valence-corrected chi connectivity index (χ1v) is 11.7. The number of hydrogen-bond acceptors (Lipinski definition) is 6. The van der Waals surface area contributed by atoms with E-state index in [1.165, 1.54) is 24.3 Å². The lowest BCUT2D eigenvalue weighted by Gasteiger charge is -2.19. The van der Waals surface area contributed by atoms with Crippen LogP contribution in [0, 0.1) is 26.7 Å². The number of ether oxygens (including phenoxy) is 2. The summed E-state index contributed by atoms with van der Waals surface area (Å²) in [6.07, 6.45) is 0.0430. The molecule has 3 aromatic rings. The first-order chi connectivity index (χ1) is 17.2. The Morgan fingerprint density at radius 2 is 1.50 bits per heavy atom. The second-order valence-electron chi connectivity index (χ2n) is 9.01. The monoisotopic (exact) mass is 485 g/mol. The predicted molar refractivity (Wildman–Crippen MR) is 134 cm³/mol. The van der Waals surface area contributed by atoms with Gasteiger partial charge in [0, 0.05) is 24.2 Å². The van der Waals surface area contributed by atoms with Gasteiger partial charge in [0.15, 0.2) is 12.4 Å². The Morgan fingerprint density at radius 3 is 2.17 bits per heavy atom. The number of hydrogen-bond donors (Lipinski definition) is 0. The fourth-order valence-corrected chi connectivity index (χ4v) is 4.11. The van der Waals surface area contributed by atoms with Crippen LogP contribution in [0.3, 0.4) is 0 Å². The maximum atomic E-state index is 12.6. The Kier molecular flexibility index (Phi) is 7.29. The molecule has 1 fully saturated rings. The van der Waals surface area contributed by atoms with Crippen LogP contribution in [0.15, 0.2) is 66.7 Å². The largest absolute Gasteiger partial charge is 0.457 e. The Balaban J connectivity index is 1.30. The molecule has 7 nitrogen and oxygen atoms in total. The smallest absolute Gasteiger partial charge is 0.343 e. The van der Waals surface area contributed by atoms with E-state index in [0.717, 1.165) is 22.4 Å². The lowest BCUT2D eigenvalue weighted by atomic mass is 10.1. The van der Waals surface area contributed by atoms with Gasteiger partial charge in [-0.1, -0.05) is 35.4 Å². The predicted octanol–water partition coefficient (Wildman–Crippen LogP) is 4.61. The molecular formula is C29H27NO6. The first kappa shape index (κ1) is 24.9. The van der Waals surface area contributed by atoms with Gasteiger partial charge in [0.25, 0.3) is 0 Å². The van der Waals surface area contributed by atoms with Crippen LogP contribution < -0.4 is 9.64 Å². The summed E-state index contributed by atoms with van der Waals surface area (Å²) < 4.78 is 10.6. The van der Waals surface area contributed by atoms with Crippen molar-refractivity contribution in [1.29, 1.82) is 0 Å². The van der Waals surface area contributed by atoms with Gasteiger partial charge in [-0.05, 0) is 68.8 Å². The summed E-state index contributed by atoms with van der Waals surface area (Å²) in [4.78, 5) is 51.4. The van der Waals surface area contributed by atoms with Gasteiger partial charge in [0.05, 0.1) is 11.5 Å². The summed E-state index contributed by atoms with van der Waals surface area (Å²) in [6.45, 7) is 5.61. The molecule has 36 heavy (non-hydrogen) atoms. The molecular weight excluding hydrogens is 458 g/mol. The van der Waals surface area contributed by atoms with Crippen LogP contribution >= 0.6 is 0 Å². The second kappa shape index (κ2) is 10.6. The highest BCUT2D eigenvalue weighted by molar-refractivity contribution is 6.01. The van der Waals surface area contributed by atoms with Crippen LogP contribution in [0.1, 0.15) is 43.8 Å². The Morgan fingerprint density at radius 1 is 0.861 bits per heavy atom. The van der Waals surface area contributed by atoms with Gasteiger partial charge in [-0.15, -0.1) is 0 Å². The van der Waals surface area contributed by atoms with Crippen LogP contribution in [0.4, 0.5) is 5.69 Å². The van der Waals surface area contributed by atoms with E-state index in [9.17, 15) is 19.2 Å². The number of nitrogens with zero attached hydrogens (tertiary/aromatic N) is 1. The van der Waals surface area contributed by atoms with Crippen LogP contribution in [0.25, 0.3) is 0 Å². The van der Waals surface area contributed by atoms with Gasteiger partial charge in [0.2, 0.25) is 5.91 Å². The summed E-state index contributed by atoms with van der Waals surface area (Å²) >= 11 is 0. The van der Waals surface area contributed by atoms with E-state index in [1.807, 2.05) is 51.1 Å². The van der Waals surface area contributed by atoms with Gasteiger partial charge >= 0.3 is 11.9 Å². The molecule has 0 aliphatic carbocycles. The number of amides is 1. The van der Waals surface area contributed by atoms with E-state index in [4.69, 9.17) is 9.47 Å². The normalized spacial score (nSPS) is 15.0. The molecule has 1 aliphatic heterocycles. The summed E-state index contributed by atoms with van der Waals surface area (Å²) in [6, 6.07) is 18.8. The van der Waals surface area contributed by atoms with Gasteiger partial charge < -0.3 is 14.4 Å². The van der Waals surface area contributed by atoms with Crippen molar-refractivity contribution in [2.24, 2.45) is 5.92 Å². The van der Waals surface area contributed by atoms with Crippen molar-refractivity contribution < 1.29 is 28.7 Å². The zero-order valence-corrected chi connectivity index (χ0v) is 20.4. The third-order valence-electron chi connectivity index (χ3n) is 6.12. The number of anilines is 1. The first-order valence-electron chi connectivity index (χ1n) is 11.7. The molecule has 0 unspecified atom stereocenters. The van der Waals surface area contributed by atoms with E-state index in [0.29, 0.717) is 16.9 Å². The van der Waals surface area contributed by atoms with E-state index >= 15 is 0 Å². The second-order valence-corrected chi connectivity index (χ2v) is 9.01. The van der Waals surface area contributed by atoms with Gasteiger partial charge in [-0.3, -0.25) is 14.4 Å². The number of rotatable bonds is 7. The maximum Gasteiger partial charge on any atom is 0.343 e. The summed E-state index contributed by atoms with van der Waals surface area (Å²) in [5.74, 6) is -1.95. The minimum atomic E-state index is -0.630. The zero-order chi connectivity index (χ0) is 25.8. The Labute approximate surface area is 209 Å². The number of Topliss-reactive ketones (excluding diaryl/α,β-unsaturated/α-hetero) is 1. The molecule has 184 valence electrons. The molecule has 3 aromatic carbocycles. The average molecular weight is 486 g/mol. The number of aryl methyl sites for hydroxylation is 3. The zero-order valence-electron chi connectivity index (χ0n) is 20.4. The van der Waals surface area contributed by atoms with Crippen molar-refractivity contribution in [3.05, 3.63) is 94.5 Å². The summed E-state index contributed by atoms with van der Waals surface area (Å²) in [7, 11) is 0. The van der Waals surface area contributed by atoms with Crippen LogP contribution in [-0.4, -0.2) is 36.8 Å². The SMILES string of the molecule is Cc1ccc(C(=O)Oc2ccc(C(=O)COC(=O)[C@@H]3CC(=O)N(c4ccc(C)cc4C)C3)cc2)cc1. The fraction of sp³-hybridized carbons (Fsp3) is 0.241. The summed E-state index contributed by atoms with van der Waals surface area (Å²) in [5.41, 5.74) is 4.61. The number of carbonyl (C=O) groups excluding carboxylic acids is 4. The van der Waals surface area contributed by atoms with E-state index in [1.54, 1.807) is 17.0 Å². The van der Waals surface area contributed by atoms with E-state index < -0.39 is 30.2 Å².